The Balaban J connectivity index is 2.26. The standard InChI is InChI=1S/C14H19NO/c1-15(2)10-12-8-5-7-11-6-3-4-9-13(11)14(12)16/h3-4,6,9,12H,5,7-8,10H2,1-2H3/t12-/m0/s1. The van der Waals surface area contributed by atoms with E-state index < -0.39 is 0 Å². The van der Waals surface area contributed by atoms with E-state index in [0.29, 0.717) is 5.78 Å². The molecule has 0 amide bonds. The Kier molecular flexibility index (Phi) is 3.39. The molecule has 2 heteroatoms. The third kappa shape index (κ3) is 2.33. The smallest absolute Gasteiger partial charge is 0.167 e. The molecule has 1 aromatic carbocycles. The minimum Gasteiger partial charge on any atom is -0.309 e. The number of ketones is 1. The van der Waals surface area contributed by atoms with Crippen molar-refractivity contribution in [2.75, 3.05) is 20.6 Å². The average Bonchev–Trinajstić information content (AvgIpc) is 2.40. The number of hydrogen-bond acceptors (Lipinski definition) is 2. The highest BCUT2D eigenvalue weighted by Gasteiger charge is 2.25. The lowest BCUT2D eigenvalue weighted by Gasteiger charge is -2.18. The third-order valence-electron chi connectivity index (χ3n) is 3.24. The predicted octanol–water partition coefficient (Wildman–Crippen LogP) is 2.38. The molecule has 0 radical (unpaired) electrons. The van der Waals surface area contributed by atoms with Gasteiger partial charge >= 0.3 is 0 Å². The normalized spacial score (nSPS) is 20.7. The topological polar surface area (TPSA) is 20.3 Å². The van der Waals surface area contributed by atoms with Crippen molar-refractivity contribution in [2.24, 2.45) is 5.92 Å². The van der Waals surface area contributed by atoms with Crippen molar-refractivity contribution >= 4 is 5.78 Å². The van der Waals surface area contributed by atoms with E-state index in [4.69, 9.17) is 0 Å². The average molecular weight is 217 g/mol. The van der Waals surface area contributed by atoms with E-state index in [-0.39, 0.29) is 5.92 Å². The van der Waals surface area contributed by atoms with Gasteiger partial charge in [0, 0.05) is 18.0 Å². The molecular formula is C14H19NO. The number of rotatable bonds is 2. The van der Waals surface area contributed by atoms with Gasteiger partial charge in [-0.1, -0.05) is 24.3 Å². The Hall–Kier alpha value is -1.15. The number of Topliss-reactive ketones (excluding diaryl/α,β-unsaturated/α-hetero) is 1. The van der Waals surface area contributed by atoms with Crippen LogP contribution in [-0.2, 0) is 6.42 Å². The molecule has 0 saturated heterocycles. The maximum absolute atomic E-state index is 12.3. The number of hydrogen-bond donors (Lipinski definition) is 0. The first-order chi connectivity index (χ1) is 7.68. The number of carbonyl (C=O) groups excluding carboxylic acids is 1. The summed E-state index contributed by atoms with van der Waals surface area (Å²) in [5, 5.41) is 0. The zero-order chi connectivity index (χ0) is 11.5. The summed E-state index contributed by atoms with van der Waals surface area (Å²) in [4.78, 5) is 14.5. The number of benzene rings is 1. The Bertz CT molecular complexity index is 384. The molecule has 16 heavy (non-hydrogen) atoms. The van der Waals surface area contributed by atoms with E-state index in [1.165, 1.54) is 5.56 Å². The summed E-state index contributed by atoms with van der Waals surface area (Å²) < 4.78 is 0. The van der Waals surface area contributed by atoms with Gasteiger partial charge in [-0.2, -0.15) is 0 Å². The van der Waals surface area contributed by atoms with E-state index >= 15 is 0 Å². The molecule has 0 spiro atoms. The fraction of sp³-hybridized carbons (Fsp3) is 0.500. The lowest BCUT2D eigenvalue weighted by atomic mass is 9.95. The zero-order valence-electron chi connectivity index (χ0n) is 10.1. The molecule has 2 rings (SSSR count). The molecule has 1 aliphatic rings. The van der Waals surface area contributed by atoms with Crippen LogP contribution in [0, 0.1) is 5.92 Å². The first-order valence-corrected chi connectivity index (χ1v) is 5.95. The van der Waals surface area contributed by atoms with Gasteiger partial charge in [-0.15, -0.1) is 0 Å². The van der Waals surface area contributed by atoms with Crippen molar-refractivity contribution in [2.45, 2.75) is 19.3 Å². The summed E-state index contributed by atoms with van der Waals surface area (Å²) in [6.45, 7) is 0.868. The van der Waals surface area contributed by atoms with Crippen LogP contribution in [0.3, 0.4) is 0 Å². The van der Waals surface area contributed by atoms with Crippen LogP contribution >= 0.6 is 0 Å². The van der Waals surface area contributed by atoms with Gasteiger partial charge in [-0.3, -0.25) is 4.79 Å². The highest BCUT2D eigenvalue weighted by atomic mass is 16.1. The Morgan fingerprint density at radius 1 is 1.31 bits per heavy atom. The Morgan fingerprint density at radius 2 is 2.06 bits per heavy atom. The lowest BCUT2D eigenvalue weighted by molar-refractivity contribution is 0.0892. The van der Waals surface area contributed by atoms with Crippen LogP contribution < -0.4 is 0 Å². The Morgan fingerprint density at radius 3 is 2.81 bits per heavy atom. The molecule has 86 valence electrons. The quantitative estimate of drug-likeness (QED) is 0.709. The lowest BCUT2D eigenvalue weighted by Crippen LogP contribution is -2.27. The van der Waals surface area contributed by atoms with Gasteiger partial charge in [0.05, 0.1) is 0 Å². The monoisotopic (exact) mass is 217 g/mol. The molecule has 0 heterocycles. The first-order valence-electron chi connectivity index (χ1n) is 5.95. The van der Waals surface area contributed by atoms with Gasteiger partial charge in [-0.25, -0.2) is 0 Å². The van der Waals surface area contributed by atoms with Crippen molar-refractivity contribution in [1.29, 1.82) is 0 Å². The van der Waals surface area contributed by atoms with E-state index in [0.717, 1.165) is 31.4 Å². The van der Waals surface area contributed by atoms with E-state index in [2.05, 4.69) is 11.0 Å². The van der Waals surface area contributed by atoms with Crippen LogP contribution in [0.5, 0.6) is 0 Å². The molecule has 1 aromatic rings. The van der Waals surface area contributed by atoms with Crippen molar-refractivity contribution in [3.05, 3.63) is 35.4 Å². The molecule has 2 nitrogen and oxygen atoms in total. The van der Waals surface area contributed by atoms with Gasteiger partial charge in [0.25, 0.3) is 0 Å². The van der Waals surface area contributed by atoms with E-state index in [9.17, 15) is 4.79 Å². The van der Waals surface area contributed by atoms with Gasteiger partial charge in [-0.05, 0) is 38.9 Å². The van der Waals surface area contributed by atoms with Crippen molar-refractivity contribution in [1.82, 2.24) is 4.90 Å². The van der Waals surface area contributed by atoms with Crippen LogP contribution in [-0.4, -0.2) is 31.3 Å². The minimum atomic E-state index is 0.179. The second kappa shape index (κ2) is 4.79. The van der Waals surface area contributed by atoms with Crippen LogP contribution in [0.2, 0.25) is 0 Å². The molecule has 0 saturated carbocycles. The SMILES string of the molecule is CN(C)C[C@@H]1CCCc2ccccc2C1=O. The number of nitrogens with zero attached hydrogens (tertiary/aromatic N) is 1. The minimum absolute atomic E-state index is 0.179. The maximum atomic E-state index is 12.3. The summed E-state index contributed by atoms with van der Waals surface area (Å²) in [5.41, 5.74) is 2.18. The summed E-state index contributed by atoms with van der Waals surface area (Å²) >= 11 is 0. The zero-order valence-corrected chi connectivity index (χ0v) is 10.1. The van der Waals surface area contributed by atoms with Crippen LogP contribution in [0.25, 0.3) is 0 Å². The highest BCUT2D eigenvalue weighted by molar-refractivity contribution is 5.99. The highest BCUT2D eigenvalue weighted by Crippen LogP contribution is 2.24. The molecule has 0 unspecified atom stereocenters. The fourth-order valence-corrected chi connectivity index (χ4v) is 2.48. The van der Waals surface area contributed by atoms with Crippen molar-refractivity contribution < 1.29 is 4.79 Å². The molecule has 0 aliphatic heterocycles. The van der Waals surface area contributed by atoms with Crippen LogP contribution in [0.1, 0.15) is 28.8 Å². The number of fused-ring (bicyclic) bond motifs is 1. The number of carbonyl (C=O) groups is 1. The van der Waals surface area contributed by atoms with Crippen molar-refractivity contribution in [3.8, 4) is 0 Å². The third-order valence-corrected chi connectivity index (χ3v) is 3.24. The molecule has 0 N–H and O–H groups in total. The molecular weight excluding hydrogens is 198 g/mol. The molecule has 0 aromatic heterocycles. The van der Waals surface area contributed by atoms with E-state index in [1.807, 2.05) is 32.3 Å². The second-order valence-corrected chi connectivity index (χ2v) is 4.87. The summed E-state index contributed by atoms with van der Waals surface area (Å²) in [6, 6.07) is 8.06. The summed E-state index contributed by atoms with van der Waals surface area (Å²) in [6.07, 6.45) is 3.19. The summed E-state index contributed by atoms with van der Waals surface area (Å²) in [5.74, 6) is 0.514. The summed E-state index contributed by atoms with van der Waals surface area (Å²) in [7, 11) is 4.06. The van der Waals surface area contributed by atoms with E-state index in [1.54, 1.807) is 0 Å². The van der Waals surface area contributed by atoms with Gasteiger partial charge < -0.3 is 4.90 Å². The van der Waals surface area contributed by atoms with Crippen molar-refractivity contribution in [3.63, 3.8) is 0 Å². The van der Waals surface area contributed by atoms with Gasteiger partial charge in [0.2, 0.25) is 0 Å². The number of aryl methyl sites for hydroxylation is 1. The molecule has 1 aliphatic carbocycles. The second-order valence-electron chi connectivity index (χ2n) is 4.87. The van der Waals surface area contributed by atoms with Crippen LogP contribution in [0.4, 0.5) is 0 Å². The predicted molar refractivity (Wildman–Crippen MR) is 65.8 cm³/mol. The molecule has 1 atom stereocenters. The largest absolute Gasteiger partial charge is 0.309 e. The fourth-order valence-electron chi connectivity index (χ4n) is 2.48. The van der Waals surface area contributed by atoms with Crippen LogP contribution in [0.15, 0.2) is 24.3 Å². The first kappa shape index (κ1) is 11.3. The maximum Gasteiger partial charge on any atom is 0.167 e. The molecule has 0 bridgehead atoms. The molecule has 0 fully saturated rings. The van der Waals surface area contributed by atoms with Gasteiger partial charge in [0.15, 0.2) is 5.78 Å². The Labute approximate surface area is 97.3 Å². The van der Waals surface area contributed by atoms with Gasteiger partial charge in [0.1, 0.15) is 0 Å².